The number of carbonyl (C=O) groups is 2. The Bertz CT molecular complexity index is 676. The maximum absolute atomic E-state index is 12.3. The number of thiophene rings is 1. The Morgan fingerprint density at radius 1 is 1.43 bits per heavy atom. The lowest BCUT2D eigenvalue weighted by Gasteiger charge is -2.14. The topological polar surface area (TPSA) is 113 Å². The molecule has 3 N–H and O–H groups in total. The van der Waals surface area contributed by atoms with E-state index in [4.69, 9.17) is 5.11 Å². The van der Waals surface area contributed by atoms with Crippen LogP contribution >= 0.6 is 11.3 Å². The first-order valence-electron chi connectivity index (χ1n) is 6.36. The van der Waals surface area contributed by atoms with Crippen LogP contribution in [0.1, 0.15) is 35.0 Å². The van der Waals surface area contributed by atoms with Crippen LogP contribution in [0.5, 0.6) is 0 Å². The van der Waals surface area contributed by atoms with Crippen LogP contribution in [-0.2, 0) is 14.8 Å². The molecule has 0 spiro atoms. The second-order valence-electron chi connectivity index (χ2n) is 5.01. The van der Waals surface area contributed by atoms with Gasteiger partial charge in [0.1, 0.15) is 9.77 Å². The summed E-state index contributed by atoms with van der Waals surface area (Å²) in [4.78, 5) is 22.4. The summed E-state index contributed by atoms with van der Waals surface area (Å²) in [7, 11) is -4.06. The molecule has 1 aromatic heterocycles. The van der Waals surface area contributed by atoms with Crippen LogP contribution in [0, 0.1) is 6.92 Å². The lowest BCUT2D eigenvalue weighted by atomic mass is 10.3. The molecular formula is C12H16N2O5S2. The van der Waals surface area contributed by atoms with Gasteiger partial charge in [-0.25, -0.2) is 13.2 Å². The number of hydrogen-bond donors (Lipinski definition) is 3. The zero-order chi connectivity index (χ0) is 15.8. The normalized spacial score (nSPS) is 16.5. The lowest BCUT2D eigenvalue weighted by Crippen LogP contribution is -2.45. The number of rotatable bonds is 6. The van der Waals surface area contributed by atoms with Gasteiger partial charge >= 0.3 is 5.97 Å². The molecule has 1 aliphatic carbocycles. The summed E-state index contributed by atoms with van der Waals surface area (Å²) in [5, 5.41) is 13.2. The van der Waals surface area contributed by atoms with Gasteiger partial charge in [0.15, 0.2) is 0 Å². The third-order valence-electron chi connectivity index (χ3n) is 3.03. The van der Waals surface area contributed by atoms with Crippen LogP contribution in [0.4, 0.5) is 0 Å². The molecule has 2 rings (SSSR count). The van der Waals surface area contributed by atoms with Crippen LogP contribution in [0.2, 0.25) is 0 Å². The maximum Gasteiger partial charge on any atom is 0.347 e. The van der Waals surface area contributed by atoms with E-state index in [0.29, 0.717) is 5.56 Å². The molecule has 0 aromatic carbocycles. The molecule has 0 saturated heterocycles. The molecular weight excluding hydrogens is 316 g/mol. The molecule has 0 radical (unpaired) electrons. The van der Waals surface area contributed by atoms with Crippen LogP contribution in [0.15, 0.2) is 10.3 Å². The smallest absolute Gasteiger partial charge is 0.347 e. The van der Waals surface area contributed by atoms with Gasteiger partial charge in [0.2, 0.25) is 15.9 Å². The van der Waals surface area contributed by atoms with E-state index in [9.17, 15) is 18.0 Å². The van der Waals surface area contributed by atoms with Crippen molar-refractivity contribution >= 4 is 33.2 Å². The van der Waals surface area contributed by atoms with Crippen LogP contribution in [0.3, 0.4) is 0 Å². The van der Waals surface area contributed by atoms with Gasteiger partial charge in [-0.1, -0.05) is 0 Å². The Morgan fingerprint density at radius 2 is 2.05 bits per heavy atom. The van der Waals surface area contributed by atoms with Gasteiger partial charge in [-0.15, -0.1) is 11.3 Å². The molecule has 0 bridgehead atoms. The van der Waals surface area contributed by atoms with Crippen molar-refractivity contribution in [1.29, 1.82) is 0 Å². The van der Waals surface area contributed by atoms with Crippen LogP contribution in [-0.4, -0.2) is 37.5 Å². The first kappa shape index (κ1) is 15.9. The molecule has 1 fully saturated rings. The number of nitrogens with one attached hydrogen (secondary N) is 2. The third kappa shape index (κ3) is 3.60. The van der Waals surface area contributed by atoms with Crippen molar-refractivity contribution in [2.45, 2.75) is 43.7 Å². The van der Waals surface area contributed by atoms with Crippen LogP contribution < -0.4 is 10.0 Å². The molecule has 0 aliphatic heterocycles. The Morgan fingerprint density at radius 3 is 2.57 bits per heavy atom. The average molecular weight is 332 g/mol. The predicted octanol–water partition coefficient (Wildman–Crippen LogP) is 0.700. The number of aryl methyl sites for hydroxylation is 1. The number of carboxylic acid groups (broad SMARTS) is 1. The summed E-state index contributed by atoms with van der Waals surface area (Å²) >= 11 is 0.848. The van der Waals surface area contributed by atoms with E-state index in [2.05, 4.69) is 10.0 Å². The zero-order valence-electron chi connectivity index (χ0n) is 11.5. The number of hydrogen-bond acceptors (Lipinski definition) is 5. The second-order valence-corrected chi connectivity index (χ2v) is 7.54. The Kier molecular flexibility index (Phi) is 4.35. The van der Waals surface area contributed by atoms with E-state index < -0.39 is 27.9 Å². The van der Waals surface area contributed by atoms with Crippen molar-refractivity contribution in [1.82, 2.24) is 10.0 Å². The molecule has 1 aromatic rings. The molecule has 1 atom stereocenters. The summed E-state index contributed by atoms with van der Waals surface area (Å²) < 4.78 is 26.8. The fraction of sp³-hybridized carbons (Fsp3) is 0.500. The predicted molar refractivity (Wildman–Crippen MR) is 77.0 cm³/mol. The van der Waals surface area contributed by atoms with Gasteiger partial charge in [-0.05, 0) is 37.6 Å². The number of amides is 1. The fourth-order valence-electron chi connectivity index (χ4n) is 1.81. The zero-order valence-corrected chi connectivity index (χ0v) is 13.2. The van der Waals surface area contributed by atoms with Crippen molar-refractivity contribution in [3.05, 3.63) is 15.8 Å². The third-order valence-corrected chi connectivity index (χ3v) is 5.97. The highest BCUT2D eigenvalue weighted by atomic mass is 32.2. The van der Waals surface area contributed by atoms with E-state index in [1.807, 2.05) is 0 Å². The Hall–Kier alpha value is -1.45. The van der Waals surface area contributed by atoms with Crippen molar-refractivity contribution in [2.24, 2.45) is 0 Å². The van der Waals surface area contributed by atoms with Gasteiger partial charge in [0.05, 0.1) is 6.04 Å². The molecule has 9 heteroatoms. The van der Waals surface area contributed by atoms with Crippen LogP contribution in [0.25, 0.3) is 0 Å². The minimum atomic E-state index is -4.06. The van der Waals surface area contributed by atoms with Gasteiger partial charge in [-0.2, -0.15) is 4.72 Å². The quantitative estimate of drug-likeness (QED) is 0.710. The molecule has 1 unspecified atom stereocenters. The number of carbonyl (C=O) groups excluding carboxylic acids is 1. The van der Waals surface area contributed by atoms with Crippen molar-refractivity contribution < 1.29 is 23.1 Å². The number of carboxylic acids is 1. The van der Waals surface area contributed by atoms with E-state index in [-0.39, 0.29) is 15.8 Å². The van der Waals surface area contributed by atoms with Crippen molar-refractivity contribution in [3.8, 4) is 0 Å². The molecule has 116 valence electrons. The fourth-order valence-corrected chi connectivity index (χ4v) is 4.65. The van der Waals surface area contributed by atoms with Crippen molar-refractivity contribution in [3.63, 3.8) is 0 Å². The highest BCUT2D eigenvalue weighted by molar-refractivity contribution is 7.89. The molecule has 1 aliphatic rings. The maximum atomic E-state index is 12.3. The molecule has 1 heterocycles. The molecule has 7 nitrogen and oxygen atoms in total. The van der Waals surface area contributed by atoms with Gasteiger partial charge in [0.25, 0.3) is 0 Å². The van der Waals surface area contributed by atoms with Gasteiger partial charge < -0.3 is 10.4 Å². The van der Waals surface area contributed by atoms with E-state index in [1.54, 1.807) is 0 Å². The SMILES string of the molecule is Cc1csc(C(=O)O)c1S(=O)(=O)NC(C)C(=O)NC1CC1. The standard InChI is InChI=1S/C12H16N2O5S2/c1-6-5-20-9(12(16)17)10(6)21(18,19)14-7(2)11(15)13-8-3-4-8/h5,7-8,14H,3-4H2,1-2H3,(H,13,15)(H,16,17). The second kappa shape index (κ2) is 5.74. The Labute approximate surface area is 126 Å². The minimum Gasteiger partial charge on any atom is -0.477 e. The van der Waals surface area contributed by atoms with Gasteiger partial charge in [0, 0.05) is 6.04 Å². The Balaban J connectivity index is 2.19. The van der Waals surface area contributed by atoms with E-state index in [0.717, 1.165) is 24.2 Å². The molecule has 1 saturated carbocycles. The largest absolute Gasteiger partial charge is 0.477 e. The number of sulfonamides is 1. The summed E-state index contributed by atoms with van der Waals surface area (Å²) in [5.41, 5.74) is 0.347. The first-order valence-corrected chi connectivity index (χ1v) is 8.72. The number of aromatic carboxylic acids is 1. The van der Waals surface area contributed by atoms with Crippen molar-refractivity contribution in [2.75, 3.05) is 0 Å². The summed E-state index contributed by atoms with van der Waals surface area (Å²) in [6, 6.07) is -0.835. The highest BCUT2D eigenvalue weighted by Gasteiger charge is 2.31. The molecule has 1 amide bonds. The molecule has 21 heavy (non-hydrogen) atoms. The minimum absolute atomic E-state index is 0.127. The monoisotopic (exact) mass is 332 g/mol. The lowest BCUT2D eigenvalue weighted by molar-refractivity contribution is -0.122. The van der Waals surface area contributed by atoms with E-state index >= 15 is 0 Å². The summed E-state index contributed by atoms with van der Waals surface area (Å²) in [5.74, 6) is -1.71. The highest BCUT2D eigenvalue weighted by Crippen LogP contribution is 2.27. The summed E-state index contributed by atoms with van der Waals surface area (Å²) in [6.45, 7) is 2.95. The average Bonchev–Trinajstić information content (AvgIpc) is 3.07. The van der Waals surface area contributed by atoms with Gasteiger partial charge in [-0.3, -0.25) is 4.79 Å². The first-order chi connectivity index (χ1) is 9.72. The van der Waals surface area contributed by atoms with E-state index in [1.165, 1.54) is 19.2 Å². The summed E-state index contributed by atoms with van der Waals surface area (Å²) in [6.07, 6.45) is 1.80.